The van der Waals surface area contributed by atoms with Crippen molar-refractivity contribution in [3.8, 4) is 5.82 Å². The molecule has 0 saturated carbocycles. The van der Waals surface area contributed by atoms with Gasteiger partial charge in [-0.2, -0.15) is 5.10 Å². The maximum absolute atomic E-state index is 12.5. The number of nitrogens with zero attached hydrogens (tertiary/aromatic N) is 7. The van der Waals surface area contributed by atoms with Crippen LogP contribution in [0.3, 0.4) is 0 Å². The molecule has 1 amide bonds. The molecule has 0 unspecified atom stereocenters. The van der Waals surface area contributed by atoms with Gasteiger partial charge in [0, 0.05) is 62.6 Å². The minimum atomic E-state index is 0.0435. The molecule has 0 N–H and O–H groups in total. The number of pyridine rings is 1. The lowest BCUT2D eigenvalue weighted by atomic mass is 10.2. The minimum absolute atomic E-state index is 0.0435. The molecule has 0 aliphatic carbocycles. The zero-order valence-electron chi connectivity index (χ0n) is 13.6. The van der Waals surface area contributed by atoms with E-state index in [1.807, 2.05) is 23.2 Å². The molecule has 3 aromatic rings. The molecule has 1 saturated heterocycles. The summed E-state index contributed by atoms with van der Waals surface area (Å²) in [5.41, 5.74) is 0.673. The summed E-state index contributed by atoms with van der Waals surface area (Å²) in [5, 5.41) is 4.19. The van der Waals surface area contributed by atoms with Crippen LogP contribution in [0.5, 0.6) is 0 Å². The first-order chi connectivity index (χ1) is 12.3. The Morgan fingerprint density at radius 2 is 1.72 bits per heavy atom. The van der Waals surface area contributed by atoms with Crippen molar-refractivity contribution in [1.29, 1.82) is 0 Å². The molecule has 4 heterocycles. The molecule has 0 bridgehead atoms. The third-order valence-corrected chi connectivity index (χ3v) is 4.20. The van der Waals surface area contributed by atoms with Crippen molar-refractivity contribution in [1.82, 2.24) is 29.6 Å². The van der Waals surface area contributed by atoms with E-state index >= 15 is 0 Å². The Morgan fingerprint density at radius 3 is 2.44 bits per heavy atom. The first-order valence-corrected chi connectivity index (χ1v) is 8.07. The predicted molar refractivity (Wildman–Crippen MR) is 91.5 cm³/mol. The van der Waals surface area contributed by atoms with Gasteiger partial charge in [-0.15, -0.1) is 0 Å². The van der Waals surface area contributed by atoms with Crippen molar-refractivity contribution in [2.45, 2.75) is 0 Å². The highest BCUT2D eigenvalue weighted by atomic mass is 16.2. The summed E-state index contributed by atoms with van der Waals surface area (Å²) in [5.74, 6) is 1.61. The molecular weight excluding hydrogens is 318 g/mol. The fraction of sp³-hybridized carbons (Fsp3) is 0.235. The minimum Gasteiger partial charge on any atom is -0.353 e. The Labute approximate surface area is 144 Å². The van der Waals surface area contributed by atoms with Gasteiger partial charge in [-0.1, -0.05) is 0 Å². The summed E-state index contributed by atoms with van der Waals surface area (Å²) in [6.07, 6.45) is 8.38. The molecule has 1 aliphatic rings. The highest BCUT2D eigenvalue weighted by Crippen LogP contribution is 2.16. The molecular formula is C17H17N7O. The largest absolute Gasteiger partial charge is 0.353 e. The van der Waals surface area contributed by atoms with Crippen molar-refractivity contribution < 1.29 is 4.79 Å². The summed E-state index contributed by atoms with van der Waals surface area (Å²) >= 11 is 0. The number of carbonyl (C=O) groups is 1. The van der Waals surface area contributed by atoms with E-state index in [1.54, 1.807) is 41.7 Å². The van der Waals surface area contributed by atoms with Crippen molar-refractivity contribution in [3.63, 3.8) is 0 Å². The number of rotatable bonds is 3. The second kappa shape index (κ2) is 6.68. The fourth-order valence-corrected chi connectivity index (χ4v) is 2.86. The third-order valence-electron chi connectivity index (χ3n) is 4.20. The highest BCUT2D eigenvalue weighted by Gasteiger charge is 2.23. The second-order valence-electron chi connectivity index (χ2n) is 5.70. The average Bonchev–Trinajstić information content (AvgIpc) is 3.23. The lowest BCUT2D eigenvalue weighted by molar-refractivity contribution is 0.0746. The normalized spacial score (nSPS) is 14.6. The molecule has 8 nitrogen and oxygen atoms in total. The van der Waals surface area contributed by atoms with Crippen LogP contribution in [0, 0.1) is 0 Å². The molecule has 25 heavy (non-hydrogen) atoms. The van der Waals surface area contributed by atoms with Gasteiger partial charge in [0.05, 0.1) is 0 Å². The molecule has 3 aromatic heterocycles. The van der Waals surface area contributed by atoms with Crippen LogP contribution in [-0.2, 0) is 0 Å². The monoisotopic (exact) mass is 335 g/mol. The van der Waals surface area contributed by atoms with E-state index in [9.17, 15) is 4.79 Å². The van der Waals surface area contributed by atoms with Crippen molar-refractivity contribution >= 4 is 11.7 Å². The number of piperazine rings is 1. The van der Waals surface area contributed by atoms with Gasteiger partial charge in [-0.25, -0.2) is 14.6 Å². The maximum atomic E-state index is 12.5. The Hall–Kier alpha value is -3.29. The Morgan fingerprint density at radius 1 is 0.960 bits per heavy atom. The molecule has 0 spiro atoms. The van der Waals surface area contributed by atoms with Gasteiger partial charge >= 0.3 is 0 Å². The predicted octanol–water partition coefficient (Wildman–Crippen LogP) is 1.02. The fourth-order valence-electron chi connectivity index (χ4n) is 2.86. The third kappa shape index (κ3) is 3.18. The van der Waals surface area contributed by atoms with E-state index in [-0.39, 0.29) is 5.91 Å². The van der Waals surface area contributed by atoms with E-state index in [0.29, 0.717) is 18.7 Å². The van der Waals surface area contributed by atoms with Crippen molar-refractivity contribution in [2.75, 3.05) is 31.1 Å². The van der Waals surface area contributed by atoms with Crippen LogP contribution in [0.4, 0.5) is 5.82 Å². The number of anilines is 1. The van der Waals surface area contributed by atoms with E-state index in [1.165, 1.54) is 0 Å². The molecule has 8 heteroatoms. The molecule has 1 fully saturated rings. The van der Waals surface area contributed by atoms with Crippen molar-refractivity contribution in [2.24, 2.45) is 0 Å². The van der Waals surface area contributed by atoms with Crippen molar-refractivity contribution in [3.05, 3.63) is 60.9 Å². The Kier molecular flexibility index (Phi) is 4.07. The van der Waals surface area contributed by atoms with Crippen LogP contribution < -0.4 is 4.90 Å². The molecule has 0 radical (unpaired) electrons. The Bertz CT molecular complexity index is 842. The zero-order valence-corrected chi connectivity index (χ0v) is 13.6. The van der Waals surface area contributed by atoms with E-state index in [2.05, 4.69) is 25.0 Å². The number of hydrogen-bond acceptors (Lipinski definition) is 6. The van der Waals surface area contributed by atoms with E-state index in [0.717, 1.165) is 24.7 Å². The summed E-state index contributed by atoms with van der Waals surface area (Å²) < 4.78 is 1.70. The number of hydrogen-bond donors (Lipinski definition) is 0. The van der Waals surface area contributed by atoms with Gasteiger partial charge in [0.2, 0.25) is 0 Å². The molecule has 4 rings (SSSR count). The highest BCUT2D eigenvalue weighted by molar-refractivity contribution is 5.94. The van der Waals surface area contributed by atoms with Gasteiger partial charge in [0.15, 0.2) is 5.82 Å². The summed E-state index contributed by atoms with van der Waals surface area (Å²) in [6.45, 7) is 2.77. The quantitative estimate of drug-likeness (QED) is 0.711. The zero-order chi connectivity index (χ0) is 17.1. The van der Waals surface area contributed by atoms with Crippen LogP contribution in [0.25, 0.3) is 5.82 Å². The number of aromatic nitrogens is 5. The van der Waals surface area contributed by atoms with E-state index in [4.69, 9.17) is 0 Å². The number of amides is 1. The van der Waals surface area contributed by atoms with Crippen LogP contribution in [-0.4, -0.2) is 61.7 Å². The first-order valence-electron chi connectivity index (χ1n) is 8.07. The average molecular weight is 335 g/mol. The standard InChI is InChI=1S/C17H17N7O/c25-17(14-2-5-18-6-3-14)23-10-8-22(9-11-23)15-12-16(20-13-19-15)24-7-1-4-21-24/h1-7,12-13H,8-11H2. The van der Waals surface area contributed by atoms with E-state index < -0.39 is 0 Å². The van der Waals surface area contributed by atoms with Gasteiger partial charge in [0.1, 0.15) is 12.1 Å². The molecule has 1 aliphatic heterocycles. The molecule has 126 valence electrons. The van der Waals surface area contributed by atoms with Crippen LogP contribution in [0.2, 0.25) is 0 Å². The summed E-state index contributed by atoms with van der Waals surface area (Å²) in [7, 11) is 0. The topological polar surface area (TPSA) is 80.0 Å². The number of carbonyl (C=O) groups excluding carboxylic acids is 1. The van der Waals surface area contributed by atoms with Gasteiger partial charge in [0.25, 0.3) is 5.91 Å². The first kappa shape index (κ1) is 15.3. The SMILES string of the molecule is O=C(c1ccncc1)N1CCN(c2cc(-n3cccn3)ncn2)CC1. The maximum Gasteiger partial charge on any atom is 0.254 e. The smallest absolute Gasteiger partial charge is 0.254 e. The lowest BCUT2D eigenvalue weighted by Gasteiger charge is -2.35. The lowest BCUT2D eigenvalue weighted by Crippen LogP contribution is -2.49. The molecule has 0 aromatic carbocycles. The van der Waals surface area contributed by atoms with Gasteiger partial charge in [-0.05, 0) is 18.2 Å². The van der Waals surface area contributed by atoms with Crippen LogP contribution >= 0.6 is 0 Å². The summed E-state index contributed by atoms with van der Waals surface area (Å²) in [4.78, 5) is 29.1. The summed E-state index contributed by atoms with van der Waals surface area (Å²) in [6, 6.07) is 7.25. The van der Waals surface area contributed by atoms with Gasteiger partial charge < -0.3 is 9.80 Å². The molecule has 0 atom stereocenters. The second-order valence-corrected chi connectivity index (χ2v) is 5.70. The van der Waals surface area contributed by atoms with Crippen LogP contribution in [0.15, 0.2) is 55.4 Å². The van der Waals surface area contributed by atoms with Crippen LogP contribution in [0.1, 0.15) is 10.4 Å². The Balaban J connectivity index is 1.44. The van der Waals surface area contributed by atoms with Gasteiger partial charge in [-0.3, -0.25) is 9.78 Å².